The van der Waals surface area contributed by atoms with Crippen LogP contribution in [0, 0.1) is 0 Å². The highest BCUT2D eigenvalue weighted by molar-refractivity contribution is 5.86. The van der Waals surface area contributed by atoms with Crippen molar-refractivity contribution in [2.75, 3.05) is 0 Å². The van der Waals surface area contributed by atoms with Gasteiger partial charge in [-0.3, -0.25) is 4.40 Å². The summed E-state index contributed by atoms with van der Waals surface area (Å²) >= 11 is 0. The molecule has 6 aromatic rings. The van der Waals surface area contributed by atoms with E-state index in [4.69, 9.17) is 9.40 Å². The van der Waals surface area contributed by atoms with Gasteiger partial charge in [-0.15, -0.1) is 0 Å². The predicted octanol–water partition coefficient (Wildman–Crippen LogP) is 4.05. The summed E-state index contributed by atoms with van der Waals surface area (Å²) in [4.78, 5) is 28.7. The van der Waals surface area contributed by atoms with Gasteiger partial charge in [0.2, 0.25) is 0 Å². The minimum Gasteiger partial charge on any atom is -0.422 e. The van der Waals surface area contributed by atoms with Crippen molar-refractivity contribution in [3.05, 3.63) is 83.9 Å². The van der Waals surface area contributed by atoms with Gasteiger partial charge in [-0.2, -0.15) is 0 Å². The summed E-state index contributed by atoms with van der Waals surface area (Å²) in [7, 11) is 0. The number of hydrogen-bond acceptors (Lipinski definition) is 5. The van der Waals surface area contributed by atoms with Crippen LogP contribution in [0.4, 0.5) is 0 Å². The van der Waals surface area contributed by atoms with Gasteiger partial charge >= 0.3 is 5.63 Å². The SMILES string of the molecule is O=c1oc2ccccc2cc1-c1ccc(-c2cn3cnc4nc[nH]c4c3n2)cc1. The summed E-state index contributed by atoms with van der Waals surface area (Å²) < 4.78 is 7.31. The van der Waals surface area contributed by atoms with Gasteiger partial charge in [0.1, 0.15) is 17.4 Å². The lowest BCUT2D eigenvalue weighted by atomic mass is 10.0. The van der Waals surface area contributed by atoms with Crippen molar-refractivity contribution in [1.29, 1.82) is 0 Å². The molecule has 4 heterocycles. The number of benzene rings is 2. The molecule has 0 aliphatic rings. The van der Waals surface area contributed by atoms with Gasteiger partial charge in [0.05, 0.1) is 17.6 Å². The van der Waals surface area contributed by atoms with E-state index in [1.807, 2.05) is 59.1 Å². The van der Waals surface area contributed by atoms with Gasteiger partial charge < -0.3 is 9.40 Å². The quantitative estimate of drug-likeness (QED) is 0.459. The van der Waals surface area contributed by atoms with Gasteiger partial charge in [0, 0.05) is 17.1 Å². The van der Waals surface area contributed by atoms with Crippen LogP contribution in [0.2, 0.25) is 0 Å². The number of nitrogens with zero attached hydrogens (tertiary/aromatic N) is 4. The van der Waals surface area contributed by atoms with Crippen LogP contribution in [0.1, 0.15) is 0 Å². The minimum atomic E-state index is -0.350. The van der Waals surface area contributed by atoms with Crippen LogP contribution in [-0.4, -0.2) is 24.3 Å². The van der Waals surface area contributed by atoms with Crippen LogP contribution in [0.15, 0.2) is 82.7 Å². The van der Waals surface area contributed by atoms with E-state index in [-0.39, 0.29) is 5.63 Å². The van der Waals surface area contributed by atoms with E-state index in [9.17, 15) is 4.79 Å². The number of aromatic nitrogens is 5. The third kappa shape index (κ3) is 2.45. The van der Waals surface area contributed by atoms with Crippen LogP contribution in [-0.2, 0) is 0 Å². The number of para-hydroxylation sites is 1. The zero-order chi connectivity index (χ0) is 19.4. The molecule has 7 nitrogen and oxygen atoms in total. The summed E-state index contributed by atoms with van der Waals surface area (Å²) in [6.45, 7) is 0. The van der Waals surface area contributed by atoms with Gasteiger partial charge in [-0.25, -0.2) is 19.7 Å². The van der Waals surface area contributed by atoms with Gasteiger partial charge in [-0.05, 0) is 17.7 Å². The molecule has 29 heavy (non-hydrogen) atoms. The van der Waals surface area contributed by atoms with Crippen molar-refractivity contribution in [3.63, 3.8) is 0 Å². The number of imidazole rings is 2. The van der Waals surface area contributed by atoms with Crippen molar-refractivity contribution >= 4 is 27.8 Å². The molecular weight excluding hydrogens is 366 g/mol. The predicted molar refractivity (Wildman–Crippen MR) is 110 cm³/mol. The molecule has 6 rings (SSSR count). The smallest absolute Gasteiger partial charge is 0.344 e. The molecule has 0 saturated heterocycles. The zero-order valence-corrected chi connectivity index (χ0v) is 15.0. The number of rotatable bonds is 2. The second-order valence-electron chi connectivity index (χ2n) is 6.77. The zero-order valence-electron chi connectivity index (χ0n) is 15.0. The van der Waals surface area contributed by atoms with Crippen molar-refractivity contribution in [3.8, 4) is 22.4 Å². The summed E-state index contributed by atoms with van der Waals surface area (Å²) in [5, 5.41) is 0.891. The molecule has 4 aromatic heterocycles. The van der Waals surface area contributed by atoms with Crippen molar-refractivity contribution in [2.24, 2.45) is 0 Å². The highest BCUT2D eigenvalue weighted by Gasteiger charge is 2.11. The normalized spacial score (nSPS) is 11.6. The monoisotopic (exact) mass is 379 g/mol. The molecule has 2 aromatic carbocycles. The topological polar surface area (TPSA) is 89.1 Å². The lowest BCUT2D eigenvalue weighted by molar-refractivity contribution is 0.563. The van der Waals surface area contributed by atoms with E-state index >= 15 is 0 Å². The summed E-state index contributed by atoms with van der Waals surface area (Å²) in [5.41, 5.74) is 5.52. The maximum absolute atomic E-state index is 12.4. The second-order valence-corrected chi connectivity index (χ2v) is 6.77. The van der Waals surface area contributed by atoms with Crippen molar-refractivity contribution < 1.29 is 4.42 Å². The molecular formula is C22H13N5O2. The Hall–Kier alpha value is -4.26. The van der Waals surface area contributed by atoms with Gasteiger partial charge in [0.15, 0.2) is 11.3 Å². The van der Waals surface area contributed by atoms with Crippen LogP contribution in [0.3, 0.4) is 0 Å². The largest absolute Gasteiger partial charge is 0.422 e. The fourth-order valence-corrected chi connectivity index (χ4v) is 3.56. The van der Waals surface area contributed by atoms with Gasteiger partial charge in [-0.1, -0.05) is 42.5 Å². The molecule has 0 aliphatic carbocycles. The first-order valence-electron chi connectivity index (χ1n) is 9.07. The van der Waals surface area contributed by atoms with Crippen LogP contribution in [0.25, 0.3) is 50.2 Å². The fourth-order valence-electron chi connectivity index (χ4n) is 3.56. The number of nitrogens with one attached hydrogen (secondary N) is 1. The fraction of sp³-hybridized carbons (Fsp3) is 0. The molecule has 0 aliphatic heterocycles. The van der Waals surface area contributed by atoms with Crippen molar-refractivity contribution in [2.45, 2.75) is 0 Å². The van der Waals surface area contributed by atoms with Crippen LogP contribution >= 0.6 is 0 Å². The molecule has 138 valence electrons. The third-order valence-corrected chi connectivity index (χ3v) is 5.01. The third-order valence-electron chi connectivity index (χ3n) is 5.01. The first-order valence-corrected chi connectivity index (χ1v) is 9.07. The first-order chi connectivity index (χ1) is 14.3. The highest BCUT2D eigenvalue weighted by atomic mass is 16.4. The number of hydrogen-bond donors (Lipinski definition) is 1. The molecule has 0 fully saturated rings. The van der Waals surface area contributed by atoms with Gasteiger partial charge in [0.25, 0.3) is 0 Å². The second kappa shape index (κ2) is 5.87. The minimum absolute atomic E-state index is 0.350. The maximum Gasteiger partial charge on any atom is 0.344 e. The summed E-state index contributed by atoms with van der Waals surface area (Å²) in [5.74, 6) is 0. The lowest BCUT2D eigenvalue weighted by Gasteiger charge is -2.03. The highest BCUT2D eigenvalue weighted by Crippen LogP contribution is 2.26. The molecule has 0 unspecified atom stereocenters. The summed E-state index contributed by atoms with van der Waals surface area (Å²) in [6, 6.07) is 17.1. The number of H-pyrrole nitrogens is 1. The standard InChI is InChI=1S/C22H13N5O2/c28-22-16(9-15-3-1-2-4-18(15)29-22)13-5-7-14(8-6-13)17-10-27-12-25-20-19(21(27)26-17)23-11-24-20/h1-12H,(H,23,24). The van der Waals surface area contributed by atoms with Crippen LogP contribution in [0.5, 0.6) is 0 Å². The Labute approximate surface area is 163 Å². The van der Waals surface area contributed by atoms with E-state index in [1.165, 1.54) is 0 Å². The average Bonchev–Trinajstić information content (AvgIpc) is 3.40. The molecule has 1 N–H and O–H groups in total. The van der Waals surface area contributed by atoms with E-state index < -0.39 is 0 Å². The van der Waals surface area contributed by atoms with E-state index in [2.05, 4.69) is 15.0 Å². The number of aromatic amines is 1. The molecule has 0 bridgehead atoms. The van der Waals surface area contributed by atoms with E-state index in [0.29, 0.717) is 16.8 Å². The maximum atomic E-state index is 12.4. The van der Waals surface area contributed by atoms with E-state index in [0.717, 1.165) is 33.4 Å². The Morgan fingerprint density at radius 3 is 2.69 bits per heavy atom. The van der Waals surface area contributed by atoms with Crippen molar-refractivity contribution in [1.82, 2.24) is 24.3 Å². The average molecular weight is 379 g/mol. The van der Waals surface area contributed by atoms with E-state index in [1.54, 1.807) is 18.7 Å². The molecule has 0 radical (unpaired) electrons. The lowest BCUT2D eigenvalue weighted by Crippen LogP contribution is -2.02. The Bertz CT molecular complexity index is 1570. The molecule has 0 atom stereocenters. The Balaban J connectivity index is 1.44. The van der Waals surface area contributed by atoms with Crippen LogP contribution < -0.4 is 5.63 Å². The number of fused-ring (bicyclic) bond motifs is 4. The first kappa shape index (κ1) is 15.8. The molecule has 7 heteroatoms. The molecule has 0 spiro atoms. The molecule has 0 saturated carbocycles. The Morgan fingerprint density at radius 1 is 0.966 bits per heavy atom. The summed E-state index contributed by atoms with van der Waals surface area (Å²) in [6.07, 6.45) is 5.22. The Kier molecular flexibility index (Phi) is 3.19. The Morgan fingerprint density at radius 2 is 1.79 bits per heavy atom. The molecule has 0 amide bonds.